The monoisotopic (exact) mass is 237 g/mol. The molecule has 5 nitrogen and oxygen atoms in total. The largest absolute Gasteiger partial charge is 0.462 e. The Hall–Kier alpha value is -1.52. The molecular formula is C12H19N3O2. The van der Waals surface area contributed by atoms with Gasteiger partial charge in [0.1, 0.15) is 5.56 Å². The second-order valence-corrected chi connectivity index (χ2v) is 4.32. The molecule has 17 heavy (non-hydrogen) atoms. The molecule has 0 spiro atoms. The van der Waals surface area contributed by atoms with Crippen LogP contribution in [0.4, 0.5) is 5.82 Å². The molecule has 0 saturated carbocycles. The number of rotatable bonds is 3. The maximum Gasteiger partial charge on any atom is 0.343 e. The lowest BCUT2D eigenvalue weighted by Gasteiger charge is -2.27. The number of esters is 1. The van der Waals surface area contributed by atoms with Crippen LogP contribution in [-0.2, 0) is 4.74 Å². The highest BCUT2D eigenvalue weighted by molar-refractivity contribution is 5.96. The number of anilines is 1. The van der Waals surface area contributed by atoms with Gasteiger partial charge in [0.25, 0.3) is 0 Å². The fourth-order valence-corrected chi connectivity index (χ4v) is 2.20. The Morgan fingerprint density at radius 1 is 1.41 bits per heavy atom. The van der Waals surface area contributed by atoms with E-state index in [2.05, 4.69) is 15.1 Å². The lowest BCUT2D eigenvalue weighted by Crippen LogP contribution is -2.31. The third-order valence-electron chi connectivity index (χ3n) is 3.06. The normalized spacial score (nSPS) is 16.0. The van der Waals surface area contributed by atoms with Gasteiger partial charge in [0.15, 0.2) is 5.82 Å². The molecule has 94 valence electrons. The minimum absolute atomic E-state index is 0.278. The van der Waals surface area contributed by atoms with E-state index in [1.165, 1.54) is 6.42 Å². The first-order chi connectivity index (χ1) is 8.24. The van der Waals surface area contributed by atoms with E-state index in [4.69, 9.17) is 4.74 Å². The highest BCUT2D eigenvalue weighted by Gasteiger charge is 2.24. The van der Waals surface area contributed by atoms with Crippen molar-refractivity contribution in [2.75, 3.05) is 24.6 Å². The van der Waals surface area contributed by atoms with Gasteiger partial charge < -0.3 is 9.64 Å². The molecule has 0 radical (unpaired) electrons. The summed E-state index contributed by atoms with van der Waals surface area (Å²) >= 11 is 0. The van der Waals surface area contributed by atoms with E-state index in [1.807, 2.05) is 13.8 Å². The first kappa shape index (κ1) is 12.0. The summed E-state index contributed by atoms with van der Waals surface area (Å²) in [5, 5.41) is 7.12. The van der Waals surface area contributed by atoms with E-state index in [9.17, 15) is 4.79 Å². The van der Waals surface area contributed by atoms with Crippen molar-refractivity contribution in [1.82, 2.24) is 10.2 Å². The molecule has 0 aromatic carbocycles. The van der Waals surface area contributed by atoms with Crippen LogP contribution in [0.5, 0.6) is 0 Å². The molecule has 0 unspecified atom stereocenters. The number of aromatic amines is 1. The highest BCUT2D eigenvalue weighted by atomic mass is 16.5. The van der Waals surface area contributed by atoms with Crippen LogP contribution in [-0.4, -0.2) is 35.9 Å². The van der Waals surface area contributed by atoms with E-state index < -0.39 is 0 Å². The number of carbonyl (C=O) groups excluding carboxylic acids is 1. The Bertz CT molecular complexity index is 394. The lowest BCUT2D eigenvalue weighted by atomic mass is 10.1. The number of carbonyl (C=O) groups is 1. The number of aryl methyl sites for hydroxylation is 1. The molecular weight excluding hydrogens is 218 g/mol. The van der Waals surface area contributed by atoms with E-state index >= 15 is 0 Å². The van der Waals surface area contributed by atoms with Crippen molar-refractivity contribution >= 4 is 11.8 Å². The Morgan fingerprint density at radius 2 is 2.12 bits per heavy atom. The zero-order valence-corrected chi connectivity index (χ0v) is 10.5. The summed E-state index contributed by atoms with van der Waals surface area (Å²) in [6, 6.07) is 0. The van der Waals surface area contributed by atoms with Gasteiger partial charge in [0, 0.05) is 18.8 Å². The molecule has 1 N–H and O–H groups in total. The van der Waals surface area contributed by atoms with Crippen molar-refractivity contribution in [3.8, 4) is 0 Å². The van der Waals surface area contributed by atoms with Crippen molar-refractivity contribution in [3.63, 3.8) is 0 Å². The Morgan fingerprint density at radius 3 is 2.76 bits per heavy atom. The van der Waals surface area contributed by atoms with Gasteiger partial charge >= 0.3 is 5.97 Å². The summed E-state index contributed by atoms with van der Waals surface area (Å²) in [4.78, 5) is 14.0. The molecule has 2 rings (SSSR count). The van der Waals surface area contributed by atoms with Crippen LogP contribution < -0.4 is 4.90 Å². The van der Waals surface area contributed by atoms with E-state index in [0.29, 0.717) is 12.2 Å². The van der Waals surface area contributed by atoms with Crippen LogP contribution in [0.2, 0.25) is 0 Å². The standard InChI is InChI=1S/C12H19N3O2/c1-3-17-12(16)10-9(2)13-14-11(10)15-7-5-4-6-8-15/h3-8H2,1-2H3,(H,13,14). The van der Waals surface area contributed by atoms with Gasteiger partial charge in [-0.3, -0.25) is 5.10 Å². The van der Waals surface area contributed by atoms with Gasteiger partial charge in [-0.25, -0.2) is 4.79 Å². The van der Waals surface area contributed by atoms with Gasteiger partial charge in [0.2, 0.25) is 0 Å². The van der Waals surface area contributed by atoms with Gasteiger partial charge in [-0.1, -0.05) is 0 Å². The van der Waals surface area contributed by atoms with Crippen LogP contribution in [0.15, 0.2) is 0 Å². The summed E-state index contributed by atoms with van der Waals surface area (Å²) in [6.45, 7) is 6.00. The number of nitrogens with zero attached hydrogens (tertiary/aromatic N) is 2. The zero-order chi connectivity index (χ0) is 12.3. The van der Waals surface area contributed by atoms with Gasteiger partial charge in [-0.15, -0.1) is 0 Å². The number of hydrogen-bond acceptors (Lipinski definition) is 4. The average Bonchev–Trinajstić information content (AvgIpc) is 2.73. The summed E-state index contributed by atoms with van der Waals surface area (Å²) in [5.74, 6) is 0.472. The van der Waals surface area contributed by atoms with Crippen molar-refractivity contribution in [1.29, 1.82) is 0 Å². The van der Waals surface area contributed by atoms with Gasteiger partial charge in [-0.2, -0.15) is 5.10 Å². The number of hydrogen-bond donors (Lipinski definition) is 1. The Balaban J connectivity index is 2.24. The molecule has 5 heteroatoms. The van der Waals surface area contributed by atoms with Gasteiger partial charge in [-0.05, 0) is 33.1 Å². The molecule has 1 fully saturated rings. The predicted octanol–water partition coefficient (Wildman–Crippen LogP) is 1.89. The molecule has 2 heterocycles. The lowest BCUT2D eigenvalue weighted by molar-refractivity contribution is 0.0526. The minimum Gasteiger partial charge on any atom is -0.462 e. The molecule has 0 amide bonds. The summed E-state index contributed by atoms with van der Waals surface area (Å²) in [5.41, 5.74) is 1.37. The molecule has 0 bridgehead atoms. The number of H-pyrrole nitrogens is 1. The van der Waals surface area contributed by atoms with E-state index in [-0.39, 0.29) is 5.97 Å². The summed E-state index contributed by atoms with van der Waals surface area (Å²) in [7, 11) is 0. The van der Waals surface area contributed by atoms with Crippen molar-refractivity contribution in [3.05, 3.63) is 11.3 Å². The SMILES string of the molecule is CCOC(=O)c1c(N2CCCCC2)n[nH]c1C. The van der Waals surface area contributed by atoms with E-state index in [1.54, 1.807) is 0 Å². The zero-order valence-electron chi connectivity index (χ0n) is 10.5. The molecule has 1 aliphatic rings. The van der Waals surface area contributed by atoms with E-state index in [0.717, 1.165) is 37.4 Å². The van der Waals surface area contributed by atoms with Crippen LogP contribution in [0.1, 0.15) is 42.2 Å². The molecule has 0 aliphatic carbocycles. The van der Waals surface area contributed by atoms with Crippen LogP contribution in [0, 0.1) is 6.92 Å². The van der Waals surface area contributed by atoms with Crippen molar-refractivity contribution < 1.29 is 9.53 Å². The third kappa shape index (κ3) is 2.43. The van der Waals surface area contributed by atoms with Gasteiger partial charge in [0.05, 0.1) is 6.61 Å². The van der Waals surface area contributed by atoms with Crippen molar-refractivity contribution in [2.45, 2.75) is 33.1 Å². The average molecular weight is 237 g/mol. The second-order valence-electron chi connectivity index (χ2n) is 4.32. The Labute approximate surface area is 101 Å². The quantitative estimate of drug-likeness (QED) is 0.815. The van der Waals surface area contributed by atoms with Crippen LogP contribution in [0.25, 0.3) is 0 Å². The number of nitrogens with one attached hydrogen (secondary N) is 1. The molecule has 1 saturated heterocycles. The highest BCUT2D eigenvalue weighted by Crippen LogP contribution is 2.24. The van der Waals surface area contributed by atoms with Crippen LogP contribution in [0.3, 0.4) is 0 Å². The first-order valence-corrected chi connectivity index (χ1v) is 6.21. The van der Waals surface area contributed by atoms with Crippen molar-refractivity contribution in [2.24, 2.45) is 0 Å². The number of ether oxygens (including phenoxy) is 1. The number of aromatic nitrogens is 2. The first-order valence-electron chi connectivity index (χ1n) is 6.21. The molecule has 0 atom stereocenters. The fourth-order valence-electron chi connectivity index (χ4n) is 2.20. The maximum absolute atomic E-state index is 11.9. The fraction of sp³-hybridized carbons (Fsp3) is 0.667. The molecule has 1 aliphatic heterocycles. The maximum atomic E-state index is 11.9. The topological polar surface area (TPSA) is 58.2 Å². The molecule has 1 aromatic rings. The third-order valence-corrected chi connectivity index (χ3v) is 3.06. The predicted molar refractivity (Wildman–Crippen MR) is 65.3 cm³/mol. The number of piperidine rings is 1. The summed E-state index contributed by atoms with van der Waals surface area (Å²) in [6.07, 6.45) is 3.58. The summed E-state index contributed by atoms with van der Waals surface area (Å²) < 4.78 is 5.07. The Kier molecular flexibility index (Phi) is 3.66. The minimum atomic E-state index is -0.278. The van der Waals surface area contributed by atoms with Crippen LogP contribution >= 0.6 is 0 Å². The smallest absolute Gasteiger partial charge is 0.343 e. The second kappa shape index (κ2) is 5.21. The molecule has 1 aromatic heterocycles.